The summed E-state index contributed by atoms with van der Waals surface area (Å²) in [4.78, 5) is 17.8. The smallest absolute Gasteiger partial charge is 0.312 e. The number of nitrogens with one attached hydrogen (secondary N) is 2. The SMILES string of the molecule is NC(=O)NCCn1c(=S)[nH]c2cccnc21. The third-order valence-electron chi connectivity index (χ3n) is 2.16. The van der Waals surface area contributed by atoms with Crippen molar-refractivity contribution in [2.75, 3.05) is 6.54 Å². The largest absolute Gasteiger partial charge is 0.352 e. The van der Waals surface area contributed by atoms with Crippen LogP contribution in [0.5, 0.6) is 0 Å². The number of hydrogen-bond donors (Lipinski definition) is 3. The number of hydrogen-bond acceptors (Lipinski definition) is 3. The molecule has 4 N–H and O–H groups in total. The number of amides is 2. The van der Waals surface area contributed by atoms with Gasteiger partial charge in [-0.3, -0.25) is 4.57 Å². The lowest BCUT2D eigenvalue weighted by Gasteiger charge is -2.03. The number of aromatic amines is 1. The molecule has 2 heterocycles. The average Bonchev–Trinajstić information content (AvgIpc) is 2.55. The topological polar surface area (TPSA) is 88.7 Å². The van der Waals surface area contributed by atoms with Crippen molar-refractivity contribution in [1.29, 1.82) is 0 Å². The van der Waals surface area contributed by atoms with Gasteiger partial charge in [0.25, 0.3) is 0 Å². The lowest BCUT2D eigenvalue weighted by Crippen LogP contribution is -2.32. The van der Waals surface area contributed by atoms with Gasteiger partial charge in [-0.2, -0.15) is 0 Å². The van der Waals surface area contributed by atoms with Gasteiger partial charge < -0.3 is 16.0 Å². The van der Waals surface area contributed by atoms with Crippen LogP contribution in [0.25, 0.3) is 11.2 Å². The van der Waals surface area contributed by atoms with Crippen LogP contribution in [0.2, 0.25) is 0 Å². The third kappa shape index (κ3) is 2.03. The van der Waals surface area contributed by atoms with Gasteiger partial charge >= 0.3 is 6.03 Å². The summed E-state index contributed by atoms with van der Waals surface area (Å²) in [6, 6.07) is 3.19. The maximum Gasteiger partial charge on any atom is 0.312 e. The second-order valence-electron chi connectivity index (χ2n) is 3.25. The predicted molar refractivity (Wildman–Crippen MR) is 62.5 cm³/mol. The number of carbonyl (C=O) groups excluding carboxylic acids is 1. The lowest BCUT2D eigenvalue weighted by atomic mass is 10.4. The lowest BCUT2D eigenvalue weighted by molar-refractivity contribution is 0.248. The summed E-state index contributed by atoms with van der Waals surface area (Å²) in [5.74, 6) is 0. The molecule has 2 aromatic heterocycles. The monoisotopic (exact) mass is 237 g/mol. The Morgan fingerprint density at radius 2 is 2.50 bits per heavy atom. The van der Waals surface area contributed by atoms with E-state index in [0.717, 1.165) is 11.2 Å². The van der Waals surface area contributed by atoms with Crippen molar-refractivity contribution in [2.45, 2.75) is 6.54 Å². The molecule has 0 aliphatic rings. The van der Waals surface area contributed by atoms with Crippen LogP contribution in [0.1, 0.15) is 0 Å². The highest BCUT2D eigenvalue weighted by Crippen LogP contribution is 2.09. The molecule has 0 saturated heterocycles. The molecule has 84 valence electrons. The second kappa shape index (κ2) is 4.31. The van der Waals surface area contributed by atoms with E-state index in [1.54, 1.807) is 6.20 Å². The summed E-state index contributed by atoms with van der Waals surface area (Å²) in [6.45, 7) is 0.964. The first-order valence-electron chi connectivity index (χ1n) is 4.75. The minimum atomic E-state index is -0.542. The standard InChI is InChI=1S/C9H11N5OS/c10-8(15)12-4-5-14-7-6(13-9(14)16)2-1-3-11-7/h1-3H,4-5H2,(H,13,16)(H3,10,12,15). The molecule has 0 spiro atoms. The van der Waals surface area contributed by atoms with Crippen molar-refractivity contribution in [3.63, 3.8) is 0 Å². The van der Waals surface area contributed by atoms with Crippen LogP contribution < -0.4 is 11.1 Å². The number of imidazole rings is 1. The highest BCUT2D eigenvalue weighted by atomic mass is 32.1. The van der Waals surface area contributed by atoms with Crippen LogP contribution in [0, 0.1) is 4.77 Å². The summed E-state index contributed by atoms with van der Waals surface area (Å²) >= 11 is 5.16. The van der Waals surface area contributed by atoms with Gasteiger partial charge in [0.05, 0.1) is 5.52 Å². The number of rotatable bonds is 3. The highest BCUT2D eigenvalue weighted by Gasteiger charge is 2.04. The van der Waals surface area contributed by atoms with Gasteiger partial charge in [-0.1, -0.05) is 0 Å². The van der Waals surface area contributed by atoms with Crippen molar-refractivity contribution < 1.29 is 4.79 Å². The number of carbonyl (C=O) groups is 1. The fourth-order valence-corrected chi connectivity index (χ4v) is 1.77. The van der Waals surface area contributed by atoms with Crippen molar-refractivity contribution in [3.8, 4) is 0 Å². The number of fused-ring (bicyclic) bond motifs is 1. The Morgan fingerprint density at radius 1 is 1.69 bits per heavy atom. The number of primary amides is 1. The predicted octanol–water partition coefficient (Wildman–Crippen LogP) is 0.762. The molecule has 0 unspecified atom stereocenters. The molecule has 0 radical (unpaired) electrons. The molecule has 0 bridgehead atoms. The van der Waals surface area contributed by atoms with Crippen LogP contribution in [0.3, 0.4) is 0 Å². The maximum atomic E-state index is 10.5. The maximum absolute atomic E-state index is 10.5. The van der Waals surface area contributed by atoms with E-state index in [0.29, 0.717) is 17.9 Å². The number of nitrogens with zero attached hydrogens (tertiary/aromatic N) is 2. The van der Waals surface area contributed by atoms with Crippen LogP contribution in [0.15, 0.2) is 18.3 Å². The van der Waals surface area contributed by atoms with Gasteiger partial charge in [-0.25, -0.2) is 9.78 Å². The van der Waals surface area contributed by atoms with Crippen molar-refractivity contribution in [1.82, 2.24) is 19.9 Å². The van der Waals surface area contributed by atoms with Crippen LogP contribution >= 0.6 is 12.2 Å². The van der Waals surface area contributed by atoms with Crippen molar-refractivity contribution in [2.24, 2.45) is 5.73 Å². The zero-order valence-corrected chi connectivity index (χ0v) is 9.25. The molecule has 7 heteroatoms. The number of urea groups is 1. The minimum absolute atomic E-state index is 0.424. The van der Waals surface area contributed by atoms with Crippen LogP contribution in [-0.4, -0.2) is 27.1 Å². The fraction of sp³-hybridized carbons (Fsp3) is 0.222. The Labute approximate surface area is 96.5 Å². The third-order valence-corrected chi connectivity index (χ3v) is 2.49. The van der Waals surface area contributed by atoms with Gasteiger partial charge in [0.1, 0.15) is 0 Å². The average molecular weight is 237 g/mol. The molecule has 0 aromatic carbocycles. The van der Waals surface area contributed by atoms with Gasteiger partial charge in [0.15, 0.2) is 10.4 Å². The fourth-order valence-electron chi connectivity index (χ4n) is 1.49. The van der Waals surface area contributed by atoms with Gasteiger partial charge in [-0.05, 0) is 24.4 Å². The molecule has 2 rings (SSSR count). The van der Waals surface area contributed by atoms with Gasteiger partial charge in [-0.15, -0.1) is 0 Å². The summed E-state index contributed by atoms with van der Waals surface area (Å²) < 4.78 is 2.40. The van der Waals surface area contributed by atoms with E-state index in [1.807, 2.05) is 16.7 Å². The first-order chi connectivity index (χ1) is 7.68. The Balaban J connectivity index is 2.26. The van der Waals surface area contributed by atoms with Gasteiger partial charge in [0.2, 0.25) is 0 Å². The Bertz CT molecular complexity index is 573. The molecule has 0 saturated carbocycles. The summed E-state index contributed by atoms with van der Waals surface area (Å²) in [7, 11) is 0. The quantitative estimate of drug-likeness (QED) is 0.689. The molecule has 0 fully saturated rings. The molecular formula is C9H11N5OS. The molecule has 2 amide bonds. The number of pyridine rings is 1. The van der Waals surface area contributed by atoms with E-state index >= 15 is 0 Å². The molecule has 0 aliphatic carbocycles. The Hall–Kier alpha value is -1.89. The van der Waals surface area contributed by atoms with E-state index in [2.05, 4.69) is 15.3 Å². The number of nitrogens with two attached hydrogens (primary N) is 1. The molecule has 2 aromatic rings. The highest BCUT2D eigenvalue weighted by molar-refractivity contribution is 7.71. The summed E-state index contributed by atoms with van der Waals surface area (Å²) in [5, 5.41) is 2.51. The molecule has 6 nitrogen and oxygen atoms in total. The van der Waals surface area contributed by atoms with E-state index in [9.17, 15) is 4.79 Å². The number of H-pyrrole nitrogens is 1. The molecule has 16 heavy (non-hydrogen) atoms. The van der Waals surface area contributed by atoms with Crippen LogP contribution in [0.4, 0.5) is 4.79 Å². The normalized spacial score (nSPS) is 10.5. The molecular weight excluding hydrogens is 226 g/mol. The second-order valence-corrected chi connectivity index (χ2v) is 3.63. The van der Waals surface area contributed by atoms with Crippen molar-refractivity contribution >= 4 is 29.4 Å². The van der Waals surface area contributed by atoms with Crippen molar-refractivity contribution in [3.05, 3.63) is 23.1 Å². The van der Waals surface area contributed by atoms with E-state index in [-0.39, 0.29) is 0 Å². The zero-order valence-electron chi connectivity index (χ0n) is 8.43. The Morgan fingerprint density at radius 3 is 3.25 bits per heavy atom. The van der Waals surface area contributed by atoms with Gasteiger partial charge in [0, 0.05) is 19.3 Å². The first-order valence-corrected chi connectivity index (χ1v) is 5.16. The van der Waals surface area contributed by atoms with E-state index < -0.39 is 6.03 Å². The van der Waals surface area contributed by atoms with E-state index in [4.69, 9.17) is 18.0 Å². The summed E-state index contributed by atoms with van der Waals surface area (Å²) in [5.41, 5.74) is 6.63. The minimum Gasteiger partial charge on any atom is -0.352 e. The summed E-state index contributed by atoms with van der Waals surface area (Å²) in [6.07, 6.45) is 1.70. The zero-order chi connectivity index (χ0) is 11.5. The molecule has 0 aliphatic heterocycles. The Kier molecular flexibility index (Phi) is 2.86. The van der Waals surface area contributed by atoms with Crippen LogP contribution in [-0.2, 0) is 6.54 Å². The van der Waals surface area contributed by atoms with E-state index in [1.165, 1.54) is 0 Å². The molecule has 0 atom stereocenters. The number of aromatic nitrogens is 3. The first kappa shape index (κ1) is 10.6.